The molecule has 0 aliphatic rings. The van der Waals surface area contributed by atoms with Gasteiger partial charge in [-0.05, 0) is 96.0 Å². The second-order valence-electron chi connectivity index (χ2n) is 15.4. The Morgan fingerprint density at radius 3 is 1.73 bits per heavy atom. The second kappa shape index (κ2) is 23.2. The number of aliphatic imine (C=N–C) groups is 1. The van der Waals surface area contributed by atoms with Gasteiger partial charge in [0, 0.05) is 22.9 Å². The van der Waals surface area contributed by atoms with E-state index in [-0.39, 0.29) is 0 Å². The number of anilines is 1. The van der Waals surface area contributed by atoms with Crippen LogP contribution < -0.4 is 11.1 Å². The molecule has 0 saturated carbocycles. The average Bonchev–Trinajstić information content (AvgIpc) is 3.34. The third-order valence-electron chi connectivity index (χ3n) is 10.7. The van der Waals surface area contributed by atoms with Gasteiger partial charge in [0.25, 0.3) is 0 Å². The Morgan fingerprint density at radius 1 is 0.594 bits per heavy atom. The Labute approximate surface area is 379 Å². The zero-order valence-corrected chi connectivity index (χ0v) is 37.0. The number of rotatable bonds is 12. The van der Waals surface area contributed by atoms with Gasteiger partial charge in [-0.15, -0.1) is 0 Å². The van der Waals surface area contributed by atoms with Crippen LogP contribution in [-0.4, -0.2) is 12.9 Å². The van der Waals surface area contributed by atoms with Crippen molar-refractivity contribution in [1.29, 1.82) is 5.41 Å². The van der Waals surface area contributed by atoms with Crippen molar-refractivity contribution >= 4 is 40.8 Å². The lowest BCUT2D eigenvalue weighted by molar-refractivity contribution is 1.26. The zero-order valence-electron chi connectivity index (χ0n) is 37.0. The summed E-state index contributed by atoms with van der Waals surface area (Å²) >= 11 is 0. The molecule has 8 rings (SSSR count). The van der Waals surface area contributed by atoms with Crippen LogP contribution in [0.3, 0.4) is 0 Å². The van der Waals surface area contributed by atoms with E-state index in [1.165, 1.54) is 45.2 Å². The SMILES string of the molecule is C=C(/C=C\C=N)/C(N)=C(/Nc1cccc2ccccc12)c1ccccc1C.C=N/C(=C\Cc1ccc(-c2ccccc2)cc1)c1ccc(-c2ccc(C)cc2)cc1.Cc1ccccc1. The Bertz CT molecular complexity index is 2860. The third kappa shape index (κ3) is 12.7. The predicted molar refractivity (Wildman–Crippen MR) is 278 cm³/mol. The topological polar surface area (TPSA) is 74.3 Å². The van der Waals surface area contributed by atoms with E-state index in [0.717, 1.165) is 51.0 Å². The molecule has 0 bridgehead atoms. The van der Waals surface area contributed by atoms with Gasteiger partial charge in [-0.3, -0.25) is 4.99 Å². The molecule has 0 atom stereocenters. The summed E-state index contributed by atoms with van der Waals surface area (Å²) in [6.07, 6.45) is 7.53. The highest BCUT2D eigenvalue weighted by atomic mass is 14.9. The van der Waals surface area contributed by atoms with Gasteiger partial charge in [-0.1, -0.05) is 224 Å². The first-order chi connectivity index (χ1) is 31.2. The lowest BCUT2D eigenvalue weighted by Gasteiger charge is -2.18. The zero-order chi connectivity index (χ0) is 45.1. The first kappa shape index (κ1) is 45.4. The molecule has 8 aromatic carbocycles. The summed E-state index contributed by atoms with van der Waals surface area (Å²) in [5.74, 6) is 0. The number of benzene rings is 8. The van der Waals surface area contributed by atoms with Gasteiger partial charge in [0.15, 0.2) is 0 Å². The number of aryl methyl sites for hydroxylation is 3. The van der Waals surface area contributed by atoms with E-state index in [2.05, 4.69) is 184 Å². The largest absolute Gasteiger partial charge is 0.397 e. The number of nitrogens with zero attached hydrogens (tertiary/aromatic N) is 1. The lowest BCUT2D eigenvalue weighted by atomic mass is 10.0. The summed E-state index contributed by atoms with van der Waals surface area (Å²) in [5.41, 5.74) is 22.4. The molecule has 0 aliphatic heterocycles. The van der Waals surface area contributed by atoms with Crippen LogP contribution in [0, 0.1) is 26.2 Å². The predicted octanol–water partition coefficient (Wildman–Crippen LogP) is 15.3. The fourth-order valence-corrected chi connectivity index (χ4v) is 7.08. The van der Waals surface area contributed by atoms with Gasteiger partial charge in [0.05, 0.1) is 17.1 Å². The molecule has 0 radical (unpaired) electrons. The number of hydrogen-bond donors (Lipinski definition) is 3. The maximum atomic E-state index is 7.19. The monoisotopic (exact) mass is 832 g/mol. The molecule has 4 nitrogen and oxygen atoms in total. The van der Waals surface area contributed by atoms with Crippen LogP contribution in [0.25, 0.3) is 44.4 Å². The average molecular weight is 833 g/mol. The number of nitrogens with two attached hydrogens (primary N) is 1. The Hall–Kier alpha value is -8.08. The normalized spacial score (nSPS) is 11.3. The maximum absolute atomic E-state index is 7.19. The molecule has 4 heteroatoms. The van der Waals surface area contributed by atoms with Crippen LogP contribution in [0.1, 0.15) is 33.4 Å². The lowest BCUT2D eigenvalue weighted by Crippen LogP contribution is -2.11. The Balaban J connectivity index is 0.000000185. The highest BCUT2D eigenvalue weighted by Gasteiger charge is 2.13. The number of nitrogens with one attached hydrogen (secondary N) is 2. The molecule has 316 valence electrons. The van der Waals surface area contributed by atoms with Crippen molar-refractivity contribution in [3.8, 4) is 22.3 Å². The molecule has 0 unspecified atom stereocenters. The quantitative estimate of drug-likeness (QED) is 0.0847. The van der Waals surface area contributed by atoms with Gasteiger partial charge in [-0.25, -0.2) is 0 Å². The van der Waals surface area contributed by atoms with E-state index in [1.54, 1.807) is 12.2 Å². The van der Waals surface area contributed by atoms with Crippen LogP contribution in [0.2, 0.25) is 0 Å². The van der Waals surface area contributed by atoms with E-state index >= 15 is 0 Å². The highest BCUT2D eigenvalue weighted by Crippen LogP contribution is 2.30. The minimum Gasteiger partial charge on any atom is -0.397 e. The van der Waals surface area contributed by atoms with E-state index < -0.39 is 0 Å². The summed E-state index contributed by atoms with van der Waals surface area (Å²) < 4.78 is 0. The van der Waals surface area contributed by atoms with E-state index in [9.17, 15) is 0 Å². The third-order valence-corrected chi connectivity index (χ3v) is 10.7. The number of allylic oxidation sites excluding steroid dienone is 3. The number of fused-ring (bicyclic) bond motifs is 1. The van der Waals surface area contributed by atoms with Crippen LogP contribution in [-0.2, 0) is 6.42 Å². The molecule has 8 aromatic rings. The van der Waals surface area contributed by atoms with Crippen molar-refractivity contribution in [1.82, 2.24) is 0 Å². The molecular formula is C60H56N4. The Morgan fingerprint density at radius 2 is 1.12 bits per heavy atom. The van der Waals surface area contributed by atoms with Crippen LogP contribution in [0.4, 0.5) is 5.69 Å². The van der Waals surface area contributed by atoms with E-state index in [1.807, 2.05) is 66.7 Å². The smallest absolute Gasteiger partial charge is 0.0700 e. The molecule has 0 fully saturated rings. The van der Waals surface area contributed by atoms with Crippen molar-refractivity contribution in [3.63, 3.8) is 0 Å². The molecule has 4 N–H and O–H groups in total. The summed E-state index contributed by atoms with van der Waals surface area (Å²) in [6.45, 7) is 14.1. The van der Waals surface area contributed by atoms with Gasteiger partial charge >= 0.3 is 0 Å². The molecule has 0 amide bonds. The van der Waals surface area contributed by atoms with Crippen molar-refractivity contribution in [3.05, 3.63) is 270 Å². The number of hydrogen-bond acceptors (Lipinski definition) is 4. The Kier molecular flexibility index (Phi) is 16.5. The molecule has 64 heavy (non-hydrogen) atoms. The summed E-state index contributed by atoms with van der Waals surface area (Å²) in [5, 5.41) is 13.0. The minimum atomic E-state index is 0.551. The van der Waals surface area contributed by atoms with E-state index in [0.29, 0.717) is 11.3 Å². The molecule has 0 aliphatic carbocycles. The highest BCUT2D eigenvalue weighted by molar-refractivity contribution is 5.98. The molecule has 0 saturated heterocycles. The molecule has 0 spiro atoms. The van der Waals surface area contributed by atoms with Crippen LogP contribution in [0.5, 0.6) is 0 Å². The van der Waals surface area contributed by atoms with Gasteiger partial charge in [0.1, 0.15) is 0 Å². The van der Waals surface area contributed by atoms with Gasteiger partial charge < -0.3 is 16.5 Å². The van der Waals surface area contributed by atoms with Crippen molar-refractivity contribution < 1.29 is 0 Å². The summed E-state index contributed by atoms with van der Waals surface area (Å²) in [6, 6.07) is 69.1. The van der Waals surface area contributed by atoms with Crippen molar-refractivity contribution in [2.75, 3.05) is 5.32 Å². The minimum absolute atomic E-state index is 0.551. The standard InChI is InChI=1S/C29H25N.C24H23N3.C7H8/c1-22-8-13-25(14-9-22)27-17-19-28(20-18-27)29(30-2)21-12-23-10-15-26(16-11-23)24-6-4-3-5-7-24;1-17-9-3-5-13-20(17)24(23(26)18(2)10-8-16-25)27-22-15-7-12-19-11-4-6-14-21(19)22;1-7-5-3-2-4-6-7/h3-11,13-21H,2,12H2,1H3;3-16,25,27H,2,26H2,1H3;2-6H,1H3/b29-21-;10-8-,24-23-,25-16?;. The van der Waals surface area contributed by atoms with Gasteiger partial charge in [0.2, 0.25) is 0 Å². The summed E-state index contributed by atoms with van der Waals surface area (Å²) in [4.78, 5) is 4.26. The van der Waals surface area contributed by atoms with E-state index in [4.69, 9.17) is 11.1 Å². The van der Waals surface area contributed by atoms with Crippen molar-refractivity contribution in [2.24, 2.45) is 10.7 Å². The van der Waals surface area contributed by atoms with Crippen LogP contribution >= 0.6 is 0 Å². The molecular weight excluding hydrogens is 777 g/mol. The van der Waals surface area contributed by atoms with Crippen LogP contribution in [0.15, 0.2) is 241 Å². The van der Waals surface area contributed by atoms with Gasteiger partial charge in [-0.2, -0.15) is 0 Å². The molecule has 0 heterocycles. The van der Waals surface area contributed by atoms with Crippen molar-refractivity contribution in [2.45, 2.75) is 27.2 Å². The first-order valence-electron chi connectivity index (χ1n) is 21.4. The second-order valence-corrected chi connectivity index (χ2v) is 15.4. The fourth-order valence-electron chi connectivity index (χ4n) is 7.08. The summed E-state index contributed by atoms with van der Waals surface area (Å²) in [7, 11) is 0. The molecule has 0 aromatic heterocycles. The maximum Gasteiger partial charge on any atom is 0.0700 e. The first-order valence-corrected chi connectivity index (χ1v) is 21.4. The fraction of sp³-hybridized carbons (Fsp3) is 0.0667.